The van der Waals surface area contributed by atoms with E-state index in [4.69, 9.17) is 46.4 Å². The van der Waals surface area contributed by atoms with Crippen LogP contribution in [0.3, 0.4) is 0 Å². The van der Waals surface area contributed by atoms with Gasteiger partial charge in [-0.05, 0) is 30.3 Å². The zero-order valence-corrected chi connectivity index (χ0v) is 18.5. The Bertz CT molecular complexity index is 1170. The van der Waals surface area contributed by atoms with Crippen LogP contribution < -0.4 is 15.5 Å². The molecule has 3 amide bonds. The molecule has 0 aliphatic carbocycles. The van der Waals surface area contributed by atoms with Crippen LogP contribution in [0.1, 0.15) is 5.56 Å². The van der Waals surface area contributed by atoms with Gasteiger partial charge in [0, 0.05) is 26.7 Å². The highest BCUT2D eigenvalue weighted by atomic mass is 35.5. The van der Waals surface area contributed by atoms with E-state index in [1.165, 1.54) is 30.3 Å². The van der Waals surface area contributed by atoms with Gasteiger partial charge in [-0.15, -0.1) is 0 Å². The van der Waals surface area contributed by atoms with E-state index in [2.05, 4.69) is 10.6 Å². The molecule has 0 aromatic heterocycles. The summed E-state index contributed by atoms with van der Waals surface area (Å²) in [6.07, 6.45) is 0. The molecule has 3 N–H and O–H groups in total. The maximum atomic E-state index is 13.6. The molecular weight excluding hydrogens is 488 g/mol. The monoisotopic (exact) mass is 499 g/mol. The van der Waals surface area contributed by atoms with Gasteiger partial charge in [-0.2, -0.15) is 0 Å². The lowest BCUT2D eigenvalue weighted by Crippen LogP contribution is -2.53. The van der Waals surface area contributed by atoms with Crippen LogP contribution in [0.15, 0.2) is 30.3 Å². The van der Waals surface area contributed by atoms with Crippen LogP contribution in [0.4, 0.5) is 11.4 Å². The van der Waals surface area contributed by atoms with Gasteiger partial charge in [-0.25, -0.2) is 4.90 Å². The molecule has 2 aromatic carbocycles. The second kappa shape index (κ2) is 7.07. The quantitative estimate of drug-likeness (QED) is 0.550. The van der Waals surface area contributed by atoms with Crippen molar-refractivity contribution in [3.05, 3.63) is 56.0 Å². The summed E-state index contributed by atoms with van der Waals surface area (Å²) in [5, 5.41) is 16.7. The zero-order valence-electron chi connectivity index (χ0n) is 15.5. The van der Waals surface area contributed by atoms with Crippen LogP contribution in [0.25, 0.3) is 0 Å². The number of amides is 3. The van der Waals surface area contributed by atoms with Crippen molar-refractivity contribution in [2.24, 2.45) is 11.8 Å². The number of nitrogens with zero attached hydrogens (tertiary/aromatic N) is 1. The number of fused-ring (bicyclic) bond motifs is 4. The Morgan fingerprint density at radius 3 is 2.23 bits per heavy atom. The highest BCUT2D eigenvalue weighted by Crippen LogP contribution is 2.55. The van der Waals surface area contributed by atoms with E-state index in [1.807, 2.05) is 0 Å². The standard InChI is InChI=1S/C20H13Cl4N3O4/c21-7-1-8(22)3-10(2-7)27-17(29)14-13(6-28)26-20(15(14)18(27)30)11-4-9(23)5-12(24)16(11)25-19(20)31/h1-5,13-15,26,28H,6H2,(H,25,31). The van der Waals surface area contributed by atoms with Crippen LogP contribution in [0.5, 0.6) is 0 Å². The van der Waals surface area contributed by atoms with Gasteiger partial charge < -0.3 is 10.4 Å². The summed E-state index contributed by atoms with van der Waals surface area (Å²) in [7, 11) is 0. The van der Waals surface area contributed by atoms with E-state index in [-0.39, 0.29) is 25.8 Å². The third kappa shape index (κ3) is 2.78. The minimum atomic E-state index is -1.62. The second-order valence-electron chi connectivity index (χ2n) is 7.65. The van der Waals surface area contributed by atoms with E-state index in [9.17, 15) is 19.5 Å². The summed E-state index contributed by atoms with van der Waals surface area (Å²) < 4.78 is 0. The number of aliphatic hydroxyl groups excluding tert-OH is 1. The van der Waals surface area contributed by atoms with Crippen molar-refractivity contribution in [3.63, 3.8) is 0 Å². The molecule has 7 nitrogen and oxygen atoms in total. The highest BCUT2D eigenvalue weighted by molar-refractivity contribution is 6.38. The Labute approximate surface area is 196 Å². The van der Waals surface area contributed by atoms with Crippen LogP contribution in [0, 0.1) is 11.8 Å². The van der Waals surface area contributed by atoms with Crippen molar-refractivity contribution in [2.75, 3.05) is 16.8 Å². The van der Waals surface area contributed by atoms with Gasteiger partial charge in [0.2, 0.25) is 17.7 Å². The van der Waals surface area contributed by atoms with Gasteiger partial charge in [0.05, 0.1) is 34.8 Å². The number of nitrogens with one attached hydrogen (secondary N) is 2. The average molecular weight is 501 g/mol. The maximum Gasteiger partial charge on any atom is 0.250 e. The summed E-state index contributed by atoms with van der Waals surface area (Å²) in [5.74, 6) is -3.86. The summed E-state index contributed by atoms with van der Waals surface area (Å²) in [6.45, 7) is -0.469. The SMILES string of the molecule is O=C1C2C(CO)NC3(C(=O)Nc4c(Cl)cc(Cl)cc43)C2C(=O)N1c1cc(Cl)cc(Cl)c1. The number of anilines is 2. The van der Waals surface area contributed by atoms with Gasteiger partial charge in [-0.1, -0.05) is 46.4 Å². The largest absolute Gasteiger partial charge is 0.395 e. The lowest BCUT2D eigenvalue weighted by molar-refractivity contribution is -0.130. The molecular formula is C20H13Cl4N3O4. The van der Waals surface area contributed by atoms with Crippen LogP contribution >= 0.6 is 46.4 Å². The number of benzene rings is 2. The smallest absolute Gasteiger partial charge is 0.250 e. The molecule has 0 saturated carbocycles. The molecule has 5 rings (SSSR count). The van der Waals surface area contributed by atoms with E-state index < -0.39 is 47.7 Å². The van der Waals surface area contributed by atoms with Crippen molar-refractivity contribution in [3.8, 4) is 0 Å². The van der Waals surface area contributed by atoms with Crippen LogP contribution in [-0.2, 0) is 19.9 Å². The minimum Gasteiger partial charge on any atom is -0.395 e. The van der Waals surface area contributed by atoms with E-state index >= 15 is 0 Å². The number of imide groups is 1. The first-order chi connectivity index (χ1) is 14.7. The molecule has 160 valence electrons. The molecule has 4 unspecified atom stereocenters. The molecule has 2 saturated heterocycles. The van der Waals surface area contributed by atoms with Crippen molar-refractivity contribution in [1.82, 2.24) is 5.32 Å². The maximum absolute atomic E-state index is 13.6. The Morgan fingerprint density at radius 2 is 1.58 bits per heavy atom. The fourth-order valence-corrected chi connectivity index (χ4v) is 5.96. The normalized spacial score (nSPS) is 29.0. The summed E-state index contributed by atoms with van der Waals surface area (Å²) in [5.41, 5.74) is -0.763. The van der Waals surface area contributed by atoms with Crippen LogP contribution in [-0.4, -0.2) is 35.5 Å². The molecule has 4 atom stereocenters. The van der Waals surface area contributed by atoms with Gasteiger partial charge in [0.15, 0.2) is 0 Å². The number of hydrogen-bond donors (Lipinski definition) is 3. The molecule has 0 radical (unpaired) electrons. The summed E-state index contributed by atoms with van der Waals surface area (Å²) in [4.78, 5) is 41.2. The first-order valence-electron chi connectivity index (χ1n) is 9.22. The second-order valence-corrected chi connectivity index (χ2v) is 9.37. The van der Waals surface area contributed by atoms with Crippen molar-refractivity contribution >= 4 is 75.5 Å². The molecule has 2 fully saturated rings. The lowest BCUT2D eigenvalue weighted by Gasteiger charge is -2.29. The predicted octanol–water partition coefficient (Wildman–Crippen LogP) is 3.22. The third-order valence-corrected chi connectivity index (χ3v) is 7.00. The molecule has 1 spiro atoms. The highest BCUT2D eigenvalue weighted by Gasteiger charge is 2.70. The fraction of sp³-hybridized carbons (Fsp3) is 0.250. The first-order valence-corrected chi connectivity index (χ1v) is 10.7. The fourth-order valence-electron chi connectivity index (χ4n) is 4.90. The Morgan fingerprint density at radius 1 is 0.935 bits per heavy atom. The number of rotatable bonds is 2. The summed E-state index contributed by atoms with van der Waals surface area (Å²) >= 11 is 24.6. The Kier molecular flexibility index (Phi) is 4.79. The topological polar surface area (TPSA) is 98.7 Å². The number of halogens is 4. The first kappa shape index (κ1) is 21.0. The van der Waals surface area contributed by atoms with E-state index in [0.717, 1.165) is 4.90 Å². The third-order valence-electron chi connectivity index (χ3n) is 6.04. The van der Waals surface area contributed by atoms with Crippen molar-refractivity contribution in [1.29, 1.82) is 0 Å². The predicted molar refractivity (Wildman–Crippen MR) is 117 cm³/mol. The van der Waals surface area contributed by atoms with Gasteiger partial charge in [0.1, 0.15) is 5.54 Å². The van der Waals surface area contributed by atoms with Crippen LogP contribution in [0.2, 0.25) is 20.1 Å². The van der Waals surface area contributed by atoms with Crippen molar-refractivity contribution < 1.29 is 19.5 Å². The van der Waals surface area contributed by atoms with Gasteiger partial charge in [0.25, 0.3) is 0 Å². The van der Waals surface area contributed by atoms with Crippen molar-refractivity contribution in [2.45, 2.75) is 11.6 Å². The zero-order chi connectivity index (χ0) is 22.2. The number of carbonyl (C=O) groups excluding carboxylic acids is 3. The molecule has 3 heterocycles. The molecule has 3 aliphatic rings. The summed E-state index contributed by atoms with van der Waals surface area (Å²) in [6, 6.07) is 6.50. The van der Waals surface area contributed by atoms with E-state index in [1.54, 1.807) is 0 Å². The number of hydrogen-bond acceptors (Lipinski definition) is 5. The molecule has 2 aromatic rings. The van der Waals surface area contributed by atoms with Gasteiger partial charge in [-0.3, -0.25) is 19.7 Å². The number of carbonyl (C=O) groups is 3. The Hall–Kier alpha value is -1.87. The number of aliphatic hydroxyl groups is 1. The molecule has 11 heteroatoms. The average Bonchev–Trinajstić information content (AvgIpc) is 3.27. The molecule has 0 bridgehead atoms. The van der Waals surface area contributed by atoms with E-state index in [0.29, 0.717) is 11.3 Å². The molecule has 31 heavy (non-hydrogen) atoms. The molecule has 3 aliphatic heterocycles. The lowest BCUT2D eigenvalue weighted by atomic mass is 9.76. The minimum absolute atomic E-state index is 0.191. The Balaban J connectivity index is 1.70. The van der Waals surface area contributed by atoms with Gasteiger partial charge >= 0.3 is 0 Å².